The van der Waals surface area contributed by atoms with Crippen molar-refractivity contribution in [1.82, 2.24) is 4.90 Å². The Hall–Kier alpha value is -1.93. The van der Waals surface area contributed by atoms with Gasteiger partial charge in [0.15, 0.2) is 0 Å². The van der Waals surface area contributed by atoms with E-state index in [0.29, 0.717) is 5.56 Å². The number of carboxylic acid groups (broad SMARTS) is 1. The molecule has 1 aromatic rings. The van der Waals surface area contributed by atoms with Crippen LogP contribution in [0.1, 0.15) is 31.9 Å². The molecule has 0 aliphatic carbocycles. The highest BCUT2D eigenvalue weighted by Gasteiger charge is 2.34. The summed E-state index contributed by atoms with van der Waals surface area (Å²) in [7, 11) is 1.65. The van der Waals surface area contributed by atoms with E-state index >= 15 is 0 Å². The van der Waals surface area contributed by atoms with Gasteiger partial charge in [0.1, 0.15) is 11.9 Å². The third-order valence-corrected chi connectivity index (χ3v) is 3.10. The van der Waals surface area contributed by atoms with E-state index < -0.39 is 23.2 Å². The van der Waals surface area contributed by atoms with Gasteiger partial charge in [-0.2, -0.15) is 5.26 Å². The van der Waals surface area contributed by atoms with E-state index in [0.717, 1.165) is 6.07 Å². The lowest BCUT2D eigenvalue weighted by molar-refractivity contribution is -0.147. The lowest BCUT2D eigenvalue weighted by Crippen LogP contribution is -2.47. The lowest BCUT2D eigenvalue weighted by atomic mass is 9.85. The summed E-state index contributed by atoms with van der Waals surface area (Å²) in [6.07, 6.45) is 0. The lowest BCUT2D eigenvalue weighted by Gasteiger charge is -2.34. The van der Waals surface area contributed by atoms with Crippen LogP contribution in [0.2, 0.25) is 0 Å². The first-order valence-corrected chi connectivity index (χ1v) is 6.28. The van der Waals surface area contributed by atoms with Gasteiger partial charge in [0.05, 0.1) is 11.6 Å². The zero-order valence-electron chi connectivity index (χ0n) is 12.1. The Kier molecular flexibility index (Phi) is 4.85. The molecule has 0 aliphatic heterocycles. The normalized spacial score (nSPS) is 13.1. The number of benzene rings is 1. The van der Waals surface area contributed by atoms with Gasteiger partial charge in [-0.05, 0) is 24.6 Å². The summed E-state index contributed by atoms with van der Waals surface area (Å²) in [4.78, 5) is 13.0. The van der Waals surface area contributed by atoms with Gasteiger partial charge in [-0.3, -0.25) is 9.69 Å². The molecule has 1 unspecified atom stereocenters. The summed E-state index contributed by atoms with van der Waals surface area (Å²) in [5, 5.41) is 18.0. The molecule has 0 saturated carbocycles. The number of rotatable bonds is 4. The number of hydrogen-bond acceptors (Lipinski definition) is 3. The fourth-order valence-corrected chi connectivity index (χ4v) is 2.33. The fourth-order valence-electron chi connectivity index (χ4n) is 2.33. The highest BCUT2D eigenvalue weighted by atomic mass is 19.1. The fraction of sp³-hybridized carbons (Fsp3) is 0.467. The maximum atomic E-state index is 13.8. The number of aliphatic carboxylic acids is 1. The first-order valence-electron chi connectivity index (χ1n) is 6.28. The molecule has 0 amide bonds. The molecule has 0 radical (unpaired) electrons. The number of nitrogens with zero attached hydrogens (tertiary/aromatic N) is 2. The van der Waals surface area contributed by atoms with E-state index in [4.69, 9.17) is 5.26 Å². The van der Waals surface area contributed by atoms with Crippen LogP contribution < -0.4 is 0 Å². The minimum Gasteiger partial charge on any atom is -0.480 e. The Labute approximate surface area is 118 Å². The molecule has 0 aliphatic rings. The van der Waals surface area contributed by atoms with Crippen molar-refractivity contribution in [3.8, 4) is 6.07 Å². The Balaban J connectivity index is 2.97. The van der Waals surface area contributed by atoms with Crippen LogP contribution in [-0.2, 0) is 11.3 Å². The molecule has 5 heteroatoms. The number of carboxylic acids is 1. The second-order valence-corrected chi connectivity index (χ2v) is 5.94. The second-order valence-electron chi connectivity index (χ2n) is 5.94. The van der Waals surface area contributed by atoms with E-state index in [1.807, 2.05) is 26.8 Å². The van der Waals surface area contributed by atoms with Gasteiger partial charge in [-0.1, -0.05) is 26.8 Å². The van der Waals surface area contributed by atoms with Gasteiger partial charge in [-0.25, -0.2) is 4.39 Å². The zero-order chi connectivity index (χ0) is 15.5. The van der Waals surface area contributed by atoms with Gasteiger partial charge >= 0.3 is 5.97 Å². The van der Waals surface area contributed by atoms with Crippen molar-refractivity contribution in [1.29, 1.82) is 5.26 Å². The maximum absolute atomic E-state index is 13.8. The summed E-state index contributed by atoms with van der Waals surface area (Å²) >= 11 is 0. The van der Waals surface area contributed by atoms with Crippen LogP contribution in [-0.4, -0.2) is 29.1 Å². The van der Waals surface area contributed by atoms with Crippen LogP contribution in [0.15, 0.2) is 18.2 Å². The van der Waals surface area contributed by atoms with Crippen molar-refractivity contribution in [3.63, 3.8) is 0 Å². The van der Waals surface area contributed by atoms with Crippen molar-refractivity contribution >= 4 is 5.97 Å². The highest BCUT2D eigenvalue weighted by molar-refractivity contribution is 5.74. The molecule has 108 valence electrons. The number of nitriles is 1. The number of hydrogen-bond donors (Lipinski definition) is 1. The van der Waals surface area contributed by atoms with Crippen LogP contribution in [0.25, 0.3) is 0 Å². The molecule has 0 heterocycles. The molecule has 1 rings (SSSR count). The molecule has 0 saturated heterocycles. The highest BCUT2D eigenvalue weighted by Crippen LogP contribution is 2.25. The van der Waals surface area contributed by atoms with Crippen molar-refractivity contribution in [3.05, 3.63) is 35.1 Å². The van der Waals surface area contributed by atoms with Crippen molar-refractivity contribution in [2.45, 2.75) is 33.4 Å². The SMILES string of the molecule is CN(Cc1ccc(C#N)cc1F)C(C(=O)O)C(C)(C)C. The average Bonchev–Trinajstić information content (AvgIpc) is 2.29. The average molecular weight is 278 g/mol. The van der Waals surface area contributed by atoms with E-state index in [9.17, 15) is 14.3 Å². The molecule has 0 spiro atoms. The predicted octanol–water partition coefficient (Wildman–Crippen LogP) is 2.63. The van der Waals surface area contributed by atoms with E-state index in [1.54, 1.807) is 11.9 Å². The van der Waals surface area contributed by atoms with Crippen molar-refractivity contribution < 1.29 is 14.3 Å². The predicted molar refractivity (Wildman–Crippen MR) is 73.5 cm³/mol. The number of carbonyl (C=O) groups is 1. The summed E-state index contributed by atoms with van der Waals surface area (Å²) in [5.41, 5.74) is 0.158. The molecule has 1 atom stereocenters. The second kappa shape index (κ2) is 6.02. The van der Waals surface area contributed by atoms with E-state index in [1.165, 1.54) is 12.1 Å². The zero-order valence-corrected chi connectivity index (χ0v) is 12.1. The van der Waals surface area contributed by atoms with Gasteiger partial charge in [0, 0.05) is 12.1 Å². The van der Waals surface area contributed by atoms with Crippen LogP contribution in [0.4, 0.5) is 4.39 Å². The maximum Gasteiger partial charge on any atom is 0.321 e. The van der Waals surface area contributed by atoms with Gasteiger partial charge < -0.3 is 5.11 Å². The van der Waals surface area contributed by atoms with Crippen LogP contribution >= 0.6 is 0 Å². The van der Waals surface area contributed by atoms with Crippen LogP contribution in [0, 0.1) is 22.6 Å². The van der Waals surface area contributed by atoms with Gasteiger partial charge in [0.2, 0.25) is 0 Å². The largest absolute Gasteiger partial charge is 0.480 e. The van der Waals surface area contributed by atoms with Gasteiger partial charge in [-0.15, -0.1) is 0 Å². The van der Waals surface area contributed by atoms with E-state index in [2.05, 4.69) is 0 Å². The molecule has 1 aromatic carbocycles. The quantitative estimate of drug-likeness (QED) is 0.919. The molecular weight excluding hydrogens is 259 g/mol. The van der Waals surface area contributed by atoms with Crippen LogP contribution in [0.3, 0.4) is 0 Å². The standard InChI is InChI=1S/C15H19FN2O2/c1-15(2,3)13(14(19)20)18(4)9-11-6-5-10(8-17)7-12(11)16/h5-7,13H,9H2,1-4H3,(H,19,20). The third kappa shape index (κ3) is 3.78. The van der Waals surface area contributed by atoms with Gasteiger partial charge in [0.25, 0.3) is 0 Å². The Bertz CT molecular complexity index is 544. The smallest absolute Gasteiger partial charge is 0.321 e. The Morgan fingerprint density at radius 3 is 2.50 bits per heavy atom. The molecule has 4 nitrogen and oxygen atoms in total. The third-order valence-electron chi connectivity index (χ3n) is 3.10. The van der Waals surface area contributed by atoms with Crippen molar-refractivity contribution in [2.75, 3.05) is 7.05 Å². The molecule has 0 bridgehead atoms. The van der Waals surface area contributed by atoms with Crippen LogP contribution in [0.5, 0.6) is 0 Å². The summed E-state index contributed by atoms with van der Waals surface area (Å²) in [5.74, 6) is -1.43. The minimum atomic E-state index is -0.936. The minimum absolute atomic E-state index is 0.172. The topological polar surface area (TPSA) is 64.3 Å². The number of likely N-dealkylation sites (N-methyl/N-ethyl adjacent to an activating group) is 1. The molecular formula is C15H19FN2O2. The Morgan fingerprint density at radius 1 is 1.50 bits per heavy atom. The number of halogens is 1. The summed E-state index contributed by atoms with van der Waals surface area (Å²) < 4.78 is 13.8. The van der Waals surface area contributed by atoms with E-state index in [-0.39, 0.29) is 12.1 Å². The first-order chi connectivity index (χ1) is 9.16. The Morgan fingerprint density at radius 2 is 2.10 bits per heavy atom. The summed E-state index contributed by atoms with van der Waals surface area (Å²) in [6.45, 7) is 5.66. The molecule has 1 N–H and O–H groups in total. The monoisotopic (exact) mass is 278 g/mol. The molecule has 0 aromatic heterocycles. The molecule has 0 fully saturated rings. The first kappa shape index (κ1) is 16.1. The summed E-state index contributed by atoms with van der Waals surface area (Å²) in [6, 6.07) is 5.35. The van der Waals surface area contributed by atoms with Crippen molar-refractivity contribution in [2.24, 2.45) is 5.41 Å². The molecule has 20 heavy (non-hydrogen) atoms.